The van der Waals surface area contributed by atoms with E-state index in [1.165, 1.54) is 18.2 Å². The van der Waals surface area contributed by atoms with E-state index < -0.39 is 23.7 Å². The summed E-state index contributed by atoms with van der Waals surface area (Å²) in [6.45, 7) is 1.88. The maximum atomic E-state index is 13.3. The second kappa shape index (κ2) is 9.96. The Labute approximate surface area is 199 Å². The van der Waals surface area contributed by atoms with E-state index in [0.717, 1.165) is 22.6 Å². The second-order valence-electron chi connectivity index (χ2n) is 7.82. The van der Waals surface area contributed by atoms with Gasteiger partial charge in [0.15, 0.2) is 11.5 Å². The number of nitrogens with one attached hydrogen (secondary N) is 2. The zero-order valence-electron chi connectivity index (χ0n) is 18.7. The van der Waals surface area contributed by atoms with Crippen molar-refractivity contribution < 1.29 is 32.2 Å². The highest BCUT2D eigenvalue weighted by atomic mass is 19.4. The number of carbonyl (C=O) groups excluding carboxylic acids is 2. The molecule has 1 aliphatic rings. The predicted octanol–water partition coefficient (Wildman–Crippen LogP) is 5.21. The predicted molar refractivity (Wildman–Crippen MR) is 124 cm³/mol. The Morgan fingerprint density at radius 3 is 2.46 bits per heavy atom. The highest BCUT2D eigenvalue weighted by molar-refractivity contribution is 6.02. The first-order valence-corrected chi connectivity index (χ1v) is 10.7. The quantitative estimate of drug-likeness (QED) is 0.502. The number of benzene rings is 3. The molecule has 0 atom stereocenters. The number of ether oxygens (including phenoxy) is 2. The molecule has 182 valence electrons. The topological polar surface area (TPSA) is 79.9 Å². The van der Waals surface area contributed by atoms with Crippen molar-refractivity contribution in [1.29, 1.82) is 0 Å². The van der Waals surface area contributed by atoms with Crippen molar-refractivity contribution in [1.82, 2.24) is 5.32 Å². The van der Waals surface area contributed by atoms with Crippen LogP contribution in [0.4, 0.5) is 29.3 Å². The Hall–Kier alpha value is -4.21. The number of rotatable bonds is 6. The fraction of sp³-hybridized carbons (Fsp3) is 0.200. The minimum absolute atomic E-state index is 0.00909. The normalized spacial score (nSPS) is 12.2. The van der Waals surface area contributed by atoms with E-state index in [-0.39, 0.29) is 25.6 Å². The summed E-state index contributed by atoms with van der Waals surface area (Å²) in [6, 6.07) is 15.5. The van der Waals surface area contributed by atoms with Crippen LogP contribution in [-0.4, -0.2) is 31.8 Å². The molecule has 3 aromatic carbocycles. The van der Waals surface area contributed by atoms with E-state index in [2.05, 4.69) is 10.6 Å². The third-order valence-electron chi connectivity index (χ3n) is 5.29. The number of alkyl halides is 3. The lowest BCUT2D eigenvalue weighted by atomic mass is 10.1. The van der Waals surface area contributed by atoms with Crippen LogP contribution in [0.1, 0.15) is 21.5 Å². The second-order valence-corrected chi connectivity index (χ2v) is 7.82. The molecule has 3 amide bonds. The van der Waals surface area contributed by atoms with E-state index in [9.17, 15) is 22.8 Å². The number of amides is 3. The summed E-state index contributed by atoms with van der Waals surface area (Å²) in [6.07, 6.45) is -4.57. The maximum absolute atomic E-state index is 13.3. The summed E-state index contributed by atoms with van der Waals surface area (Å²) < 4.78 is 50.3. The van der Waals surface area contributed by atoms with Crippen molar-refractivity contribution in [3.8, 4) is 11.5 Å². The first-order valence-electron chi connectivity index (χ1n) is 10.7. The smallest absolute Gasteiger partial charge is 0.416 e. The highest BCUT2D eigenvalue weighted by Crippen LogP contribution is 2.33. The molecule has 7 nitrogen and oxygen atoms in total. The van der Waals surface area contributed by atoms with E-state index in [4.69, 9.17) is 9.47 Å². The van der Waals surface area contributed by atoms with Crippen molar-refractivity contribution in [2.45, 2.75) is 13.1 Å². The van der Waals surface area contributed by atoms with Crippen LogP contribution in [0, 0.1) is 6.92 Å². The number of halogens is 3. The number of anilines is 2. The summed E-state index contributed by atoms with van der Waals surface area (Å²) in [5, 5.41) is 5.37. The van der Waals surface area contributed by atoms with Crippen LogP contribution >= 0.6 is 0 Å². The number of fused-ring (bicyclic) bond motifs is 1. The molecule has 0 saturated heterocycles. The number of urea groups is 1. The minimum Gasteiger partial charge on any atom is -0.454 e. The molecule has 0 spiro atoms. The average molecular weight is 485 g/mol. The summed E-state index contributed by atoms with van der Waals surface area (Å²) in [7, 11) is 0. The van der Waals surface area contributed by atoms with Gasteiger partial charge in [0.2, 0.25) is 6.79 Å². The first kappa shape index (κ1) is 23.9. The molecule has 0 radical (unpaired) electrons. The first-order chi connectivity index (χ1) is 16.7. The Morgan fingerprint density at radius 2 is 1.71 bits per heavy atom. The van der Waals surface area contributed by atoms with Gasteiger partial charge in [-0.25, -0.2) is 4.79 Å². The molecule has 10 heteroatoms. The van der Waals surface area contributed by atoms with Gasteiger partial charge in [-0.2, -0.15) is 13.2 Å². The van der Waals surface area contributed by atoms with Gasteiger partial charge in [-0.3, -0.25) is 9.69 Å². The highest BCUT2D eigenvalue weighted by Gasteiger charge is 2.31. The van der Waals surface area contributed by atoms with Crippen LogP contribution in [0.15, 0.2) is 66.7 Å². The van der Waals surface area contributed by atoms with Crippen molar-refractivity contribution in [3.05, 3.63) is 83.4 Å². The van der Waals surface area contributed by atoms with Gasteiger partial charge >= 0.3 is 12.2 Å². The molecule has 1 aliphatic heterocycles. The molecule has 0 aromatic heterocycles. The average Bonchev–Trinajstić information content (AvgIpc) is 3.30. The Morgan fingerprint density at radius 1 is 0.971 bits per heavy atom. The lowest BCUT2D eigenvalue weighted by Gasteiger charge is -2.24. The van der Waals surface area contributed by atoms with Gasteiger partial charge in [-0.1, -0.05) is 23.8 Å². The third kappa shape index (κ3) is 5.84. The molecule has 0 fully saturated rings. The Bertz CT molecular complexity index is 1230. The molecule has 0 unspecified atom stereocenters. The van der Waals surface area contributed by atoms with Gasteiger partial charge in [0, 0.05) is 30.0 Å². The van der Waals surface area contributed by atoms with Crippen LogP contribution < -0.4 is 25.0 Å². The molecule has 1 heterocycles. The SMILES string of the molecule is Cc1ccc(NC(=O)N(CCNC(=O)c2ccc3c(c2)OCO3)c2cccc(C(F)(F)F)c2)cc1. The van der Waals surface area contributed by atoms with Gasteiger partial charge in [0.1, 0.15) is 0 Å². The van der Waals surface area contributed by atoms with E-state index in [1.807, 2.05) is 6.92 Å². The van der Waals surface area contributed by atoms with Crippen LogP contribution in [-0.2, 0) is 6.18 Å². The lowest BCUT2D eigenvalue weighted by molar-refractivity contribution is -0.137. The zero-order chi connectivity index (χ0) is 25.0. The third-order valence-corrected chi connectivity index (χ3v) is 5.29. The van der Waals surface area contributed by atoms with Crippen LogP contribution in [0.25, 0.3) is 0 Å². The van der Waals surface area contributed by atoms with Crippen LogP contribution in [0.5, 0.6) is 11.5 Å². The molecule has 0 bridgehead atoms. The van der Waals surface area contributed by atoms with E-state index in [1.54, 1.807) is 36.4 Å². The minimum atomic E-state index is -4.57. The van der Waals surface area contributed by atoms with Crippen molar-refractivity contribution in [2.24, 2.45) is 0 Å². The number of aryl methyl sites for hydroxylation is 1. The van der Waals surface area contributed by atoms with Gasteiger partial charge in [-0.15, -0.1) is 0 Å². The van der Waals surface area contributed by atoms with Crippen LogP contribution in [0.3, 0.4) is 0 Å². The van der Waals surface area contributed by atoms with Crippen LogP contribution in [0.2, 0.25) is 0 Å². The van der Waals surface area contributed by atoms with Gasteiger partial charge in [0.05, 0.1) is 5.56 Å². The zero-order valence-corrected chi connectivity index (χ0v) is 18.7. The molecule has 3 aromatic rings. The van der Waals surface area contributed by atoms with E-state index in [0.29, 0.717) is 22.7 Å². The molecular formula is C25H22F3N3O4. The molecule has 0 aliphatic carbocycles. The summed E-state index contributed by atoms with van der Waals surface area (Å²) in [5.74, 6) is 0.553. The fourth-order valence-corrected chi connectivity index (χ4v) is 3.45. The van der Waals surface area contributed by atoms with Crippen molar-refractivity contribution in [2.75, 3.05) is 30.1 Å². The standard InChI is InChI=1S/C25H22F3N3O4/c1-16-5-8-19(9-6-16)30-24(33)31(20-4-2-3-18(14-20)25(26,27)28)12-11-29-23(32)17-7-10-21-22(13-17)35-15-34-21/h2-10,13-14H,11-12,15H2,1H3,(H,29,32)(H,30,33). The summed E-state index contributed by atoms with van der Waals surface area (Å²) in [4.78, 5) is 26.7. The summed E-state index contributed by atoms with van der Waals surface area (Å²) >= 11 is 0. The molecular weight excluding hydrogens is 463 g/mol. The Balaban J connectivity index is 1.49. The fourth-order valence-electron chi connectivity index (χ4n) is 3.45. The summed E-state index contributed by atoms with van der Waals surface area (Å²) in [5.41, 5.74) is 0.962. The molecule has 2 N–H and O–H groups in total. The molecule has 35 heavy (non-hydrogen) atoms. The number of hydrogen-bond acceptors (Lipinski definition) is 4. The maximum Gasteiger partial charge on any atom is 0.416 e. The number of nitrogens with zero attached hydrogens (tertiary/aromatic N) is 1. The van der Waals surface area contributed by atoms with Gasteiger partial charge in [-0.05, 0) is 55.5 Å². The monoisotopic (exact) mass is 485 g/mol. The van der Waals surface area contributed by atoms with E-state index >= 15 is 0 Å². The van der Waals surface area contributed by atoms with Crippen molar-refractivity contribution in [3.63, 3.8) is 0 Å². The Kier molecular flexibility index (Phi) is 6.81. The van der Waals surface area contributed by atoms with Gasteiger partial charge in [0.25, 0.3) is 5.91 Å². The molecule has 0 saturated carbocycles. The number of carbonyl (C=O) groups is 2. The lowest BCUT2D eigenvalue weighted by Crippen LogP contribution is -2.41. The number of hydrogen-bond donors (Lipinski definition) is 2. The van der Waals surface area contributed by atoms with Gasteiger partial charge < -0.3 is 20.1 Å². The molecule has 4 rings (SSSR count). The van der Waals surface area contributed by atoms with Crippen molar-refractivity contribution >= 4 is 23.3 Å². The largest absolute Gasteiger partial charge is 0.454 e.